The van der Waals surface area contributed by atoms with E-state index in [1.54, 1.807) is 0 Å². The molecular formula is C14H22N2O2. The molecule has 0 aliphatic heterocycles. The summed E-state index contributed by atoms with van der Waals surface area (Å²) in [5, 5.41) is 0. The molecule has 2 N–H and O–H groups in total. The van der Waals surface area contributed by atoms with Crippen molar-refractivity contribution in [3.63, 3.8) is 0 Å². The van der Waals surface area contributed by atoms with E-state index in [4.69, 9.17) is 10.5 Å². The van der Waals surface area contributed by atoms with E-state index in [2.05, 4.69) is 6.92 Å². The predicted molar refractivity (Wildman–Crippen MR) is 74.6 cm³/mol. The van der Waals surface area contributed by atoms with Crippen molar-refractivity contribution in [2.45, 2.75) is 33.3 Å². The first-order chi connectivity index (χ1) is 8.54. The number of hydrogen-bond donors (Lipinski definition) is 1. The molecule has 0 bridgehead atoms. The minimum Gasteiger partial charge on any atom is -0.462 e. The molecule has 100 valence electrons. The van der Waals surface area contributed by atoms with Gasteiger partial charge in [0.05, 0.1) is 17.5 Å². The van der Waals surface area contributed by atoms with Crippen LogP contribution in [0.25, 0.3) is 0 Å². The quantitative estimate of drug-likeness (QED) is 0.622. The lowest BCUT2D eigenvalue weighted by Gasteiger charge is -2.25. The van der Waals surface area contributed by atoms with Gasteiger partial charge >= 0.3 is 5.97 Å². The molecule has 0 radical (unpaired) electrons. The summed E-state index contributed by atoms with van der Waals surface area (Å²) in [6, 6.07) is 7.57. The maximum atomic E-state index is 11.7. The number of carbonyl (C=O) groups is 1. The summed E-state index contributed by atoms with van der Waals surface area (Å²) in [6.45, 7) is 6.78. The first kappa shape index (κ1) is 14.4. The van der Waals surface area contributed by atoms with Crippen molar-refractivity contribution in [3.8, 4) is 0 Å². The van der Waals surface area contributed by atoms with E-state index in [0.717, 1.165) is 18.7 Å². The lowest BCUT2D eigenvalue weighted by atomic mass is 10.2. The van der Waals surface area contributed by atoms with Crippen LogP contribution in [-0.4, -0.2) is 25.2 Å². The number of esters is 1. The van der Waals surface area contributed by atoms with Crippen molar-refractivity contribution in [2.75, 3.05) is 23.7 Å². The molecule has 0 saturated carbocycles. The molecular weight excluding hydrogens is 228 g/mol. The molecule has 4 heteroatoms. The van der Waals surface area contributed by atoms with Gasteiger partial charge in [0.15, 0.2) is 0 Å². The third-order valence-electron chi connectivity index (χ3n) is 2.46. The molecule has 1 aromatic rings. The number of nitrogens with two attached hydrogens (primary N) is 1. The monoisotopic (exact) mass is 250 g/mol. The summed E-state index contributed by atoms with van der Waals surface area (Å²) in [5.74, 6) is -0.221. The number of nitrogens with zero attached hydrogens (tertiary/aromatic N) is 1. The van der Waals surface area contributed by atoms with E-state index in [1.165, 1.54) is 0 Å². The van der Waals surface area contributed by atoms with E-state index >= 15 is 0 Å². The summed E-state index contributed by atoms with van der Waals surface area (Å²) < 4.78 is 5.17. The molecule has 1 rings (SSSR count). The van der Waals surface area contributed by atoms with Crippen molar-refractivity contribution in [1.29, 1.82) is 0 Å². The number of anilines is 2. The highest BCUT2D eigenvalue weighted by atomic mass is 16.5. The van der Waals surface area contributed by atoms with Crippen LogP contribution in [0, 0.1) is 0 Å². The van der Waals surface area contributed by atoms with Crippen molar-refractivity contribution in [3.05, 3.63) is 24.3 Å². The van der Waals surface area contributed by atoms with E-state index in [-0.39, 0.29) is 18.6 Å². The van der Waals surface area contributed by atoms with Crippen molar-refractivity contribution < 1.29 is 9.53 Å². The van der Waals surface area contributed by atoms with Gasteiger partial charge in [-0.3, -0.25) is 4.79 Å². The smallest absolute Gasteiger partial charge is 0.325 e. The Kier molecular flexibility index (Phi) is 5.49. The number of ether oxygens (including phenoxy) is 1. The zero-order chi connectivity index (χ0) is 13.5. The van der Waals surface area contributed by atoms with Crippen LogP contribution in [0.2, 0.25) is 0 Å². The van der Waals surface area contributed by atoms with Crippen LogP contribution in [0.3, 0.4) is 0 Å². The standard InChI is InChI=1S/C14H22N2O2/c1-4-9-16(10-14(17)18-11(2)3)13-8-6-5-7-12(13)15/h5-8,11H,4,9-10,15H2,1-3H3. The van der Waals surface area contributed by atoms with Gasteiger partial charge in [-0.1, -0.05) is 19.1 Å². The van der Waals surface area contributed by atoms with Crippen LogP contribution >= 0.6 is 0 Å². The molecule has 0 unspecified atom stereocenters. The maximum absolute atomic E-state index is 11.7. The van der Waals surface area contributed by atoms with E-state index in [0.29, 0.717) is 5.69 Å². The molecule has 18 heavy (non-hydrogen) atoms. The molecule has 0 spiro atoms. The lowest BCUT2D eigenvalue weighted by Crippen LogP contribution is -2.33. The lowest BCUT2D eigenvalue weighted by molar-refractivity contribution is -0.145. The average Bonchev–Trinajstić information content (AvgIpc) is 2.28. The summed E-state index contributed by atoms with van der Waals surface area (Å²) in [6.07, 6.45) is 0.859. The van der Waals surface area contributed by atoms with Gasteiger partial charge in [0.25, 0.3) is 0 Å². The average molecular weight is 250 g/mol. The second kappa shape index (κ2) is 6.89. The van der Waals surface area contributed by atoms with Crippen LogP contribution in [0.1, 0.15) is 27.2 Å². The number of carbonyl (C=O) groups excluding carboxylic acids is 1. The molecule has 1 aromatic carbocycles. The van der Waals surface area contributed by atoms with Gasteiger partial charge in [-0.15, -0.1) is 0 Å². The number of para-hydroxylation sites is 2. The molecule has 0 fully saturated rings. The largest absolute Gasteiger partial charge is 0.462 e. The van der Waals surface area contributed by atoms with Crippen molar-refractivity contribution in [2.24, 2.45) is 0 Å². The molecule has 0 heterocycles. The molecule has 0 aliphatic rings. The first-order valence-corrected chi connectivity index (χ1v) is 6.33. The van der Waals surface area contributed by atoms with Crippen LogP contribution in [0.5, 0.6) is 0 Å². The summed E-state index contributed by atoms with van der Waals surface area (Å²) in [7, 11) is 0. The predicted octanol–water partition coefficient (Wildman–Crippen LogP) is 2.44. The van der Waals surface area contributed by atoms with Crippen molar-refractivity contribution in [1.82, 2.24) is 0 Å². The topological polar surface area (TPSA) is 55.6 Å². The Morgan fingerprint density at radius 2 is 2.06 bits per heavy atom. The van der Waals surface area contributed by atoms with Crippen LogP contribution in [0.15, 0.2) is 24.3 Å². The fraction of sp³-hybridized carbons (Fsp3) is 0.500. The molecule has 0 aromatic heterocycles. The normalized spacial score (nSPS) is 10.4. The highest BCUT2D eigenvalue weighted by Crippen LogP contribution is 2.22. The third-order valence-corrected chi connectivity index (χ3v) is 2.46. The van der Waals surface area contributed by atoms with Gasteiger partial charge in [-0.25, -0.2) is 0 Å². The summed E-state index contributed by atoms with van der Waals surface area (Å²) >= 11 is 0. The molecule has 4 nitrogen and oxygen atoms in total. The van der Waals surface area contributed by atoms with E-state index in [1.807, 2.05) is 43.0 Å². The fourth-order valence-corrected chi connectivity index (χ4v) is 1.79. The Bertz CT molecular complexity index is 391. The van der Waals surface area contributed by atoms with Gasteiger partial charge in [-0.05, 0) is 32.4 Å². The second-order valence-corrected chi connectivity index (χ2v) is 4.52. The zero-order valence-corrected chi connectivity index (χ0v) is 11.3. The van der Waals surface area contributed by atoms with Crippen LogP contribution in [-0.2, 0) is 9.53 Å². The van der Waals surface area contributed by atoms with Crippen LogP contribution in [0.4, 0.5) is 11.4 Å². The highest BCUT2D eigenvalue weighted by molar-refractivity contribution is 5.78. The van der Waals surface area contributed by atoms with Gasteiger partial charge in [0, 0.05) is 6.54 Å². The number of benzene rings is 1. The Balaban J connectivity index is 2.77. The second-order valence-electron chi connectivity index (χ2n) is 4.52. The highest BCUT2D eigenvalue weighted by Gasteiger charge is 2.14. The minimum absolute atomic E-state index is 0.0888. The minimum atomic E-state index is -0.221. The summed E-state index contributed by atoms with van der Waals surface area (Å²) in [5.41, 5.74) is 7.51. The van der Waals surface area contributed by atoms with E-state index < -0.39 is 0 Å². The van der Waals surface area contributed by atoms with Crippen LogP contribution < -0.4 is 10.6 Å². The molecule has 0 saturated heterocycles. The summed E-state index contributed by atoms with van der Waals surface area (Å²) in [4.78, 5) is 13.7. The van der Waals surface area contributed by atoms with E-state index in [9.17, 15) is 4.79 Å². The van der Waals surface area contributed by atoms with Gasteiger partial charge in [0.1, 0.15) is 6.54 Å². The van der Waals surface area contributed by atoms with Gasteiger partial charge in [-0.2, -0.15) is 0 Å². The number of nitrogen functional groups attached to an aromatic ring is 1. The first-order valence-electron chi connectivity index (χ1n) is 6.33. The maximum Gasteiger partial charge on any atom is 0.325 e. The molecule has 0 aliphatic carbocycles. The van der Waals surface area contributed by atoms with Gasteiger partial charge < -0.3 is 15.4 Å². The molecule has 0 atom stereocenters. The zero-order valence-electron chi connectivity index (χ0n) is 11.3. The third kappa shape index (κ3) is 4.28. The Morgan fingerprint density at radius 1 is 1.39 bits per heavy atom. The van der Waals surface area contributed by atoms with Gasteiger partial charge in [0.2, 0.25) is 0 Å². The Morgan fingerprint density at radius 3 is 2.61 bits per heavy atom. The SMILES string of the molecule is CCCN(CC(=O)OC(C)C)c1ccccc1N. The number of rotatable bonds is 6. The fourth-order valence-electron chi connectivity index (χ4n) is 1.79. The number of hydrogen-bond acceptors (Lipinski definition) is 4. The molecule has 0 amide bonds. The van der Waals surface area contributed by atoms with Crippen molar-refractivity contribution >= 4 is 17.3 Å². The Hall–Kier alpha value is -1.71. The Labute approximate surface area is 109 Å².